The van der Waals surface area contributed by atoms with Gasteiger partial charge in [-0.25, -0.2) is 9.97 Å². The SMILES string of the molecule is CCc1ccc(Nc2ncnc3c2c(-c2ccccc2)cn3[C@@H]2O[C@H](C)[C@@H](O)[C@H]2O)cc1. The van der Waals surface area contributed by atoms with E-state index in [1.807, 2.05) is 48.7 Å². The Morgan fingerprint density at radius 1 is 1.00 bits per heavy atom. The van der Waals surface area contributed by atoms with Gasteiger partial charge in [-0.1, -0.05) is 49.4 Å². The molecule has 7 heteroatoms. The molecule has 4 aromatic rings. The summed E-state index contributed by atoms with van der Waals surface area (Å²) >= 11 is 0. The highest BCUT2D eigenvalue weighted by molar-refractivity contribution is 6.02. The van der Waals surface area contributed by atoms with Gasteiger partial charge in [0.2, 0.25) is 0 Å². The Morgan fingerprint density at radius 3 is 2.41 bits per heavy atom. The molecule has 0 amide bonds. The van der Waals surface area contributed by atoms with Crippen LogP contribution in [0.1, 0.15) is 25.6 Å². The lowest BCUT2D eigenvalue weighted by Crippen LogP contribution is -2.30. The van der Waals surface area contributed by atoms with Crippen LogP contribution >= 0.6 is 0 Å². The van der Waals surface area contributed by atoms with E-state index in [1.165, 1.54) is 11.9 Å². The van der Waals surface area contributed by atoms with Crippen LogP contribution in [0.4, 0.5) is 11.5 Å². The van der Waals surface area contributed by atoms with Crippen LogP contribution in [-0.2, 0) is 11.2 Å². The van der Waals surface area contributed by atoms with Gasteiger partial charge < -0.3 is 24.8 Å². The molecule has 3 N–H and O–H groups in total. The van der Waals surface area contributed by atoms with Crippen molar-refractivity contribution in [3.63, 3.8) is 0 Å². The molecule has 3 heterocycles. The van der Waals surface area contributed by atoms with Crippen LogP contribution in [0.15, 0.2) is 67.1 Å². The predicted octanol–water partition coefficient (Wildman–Crippen LogP) is 4.04. The van der Waals surface area contributed by atoms with Crippen LogP contribution in [-0.4, -0.2) is 43.1 Å². The lowest BCUT2D eigenvalue weighted by Gasteiger charge is -2.17. The largest absolute Gasteiger partial charge is 0.388 e. The molecule has 1 saturated heterocycles. The number of anilines is 2. The Morgan fingerprint density at radius 2 is 1.75 bits per heavy atom. The zero-order valence-corrected chi connectivity index (χ0v) is 18.0. The topological polar surface area (TPSA) is 92.4 Å². The third-order valence-corrected chi connectivity index (χ3v) is 6.07. The Labute approximate surface area is 186 Å². The zero-order valence-electron chi connectivity index (χ0n) is 18.0. The molecule has 1 aliphatic heterocycles. The van der Waals surface area contributed by atoms with Gasteiger partial charge in [0.15, 0.2) is 6.23 Å². The van der Waals surface area contributed by atoms with E-state index in [-0.39, 0.29) is 0 Å². The Balaban J connectivity index is 1.66. The lowest BCUT2D eigenvalue weighted by atomic mass is 10.1. The number of fused-ring (bicyclic) bond motifs is 1. The van der Waals surface area contributed by atoms with Crippen molar-refractivity contribution in [2.24, 2.45) is 0 Å². The molecule has 0 saturated carbocycles. The number of aliphatic hydroxyl groups is 2. The summed E-state index contributed by atoms with van der Waals surface area (Å²) in [6.07, 6.45) is 1.14. The number of aliphatic hydroxyl groups excluding tert-OH is 2. The summed E-state index contributed by atoms with van der Waals surface area (Å²) < 4.78 is 7.69. The predicted molar refractivity (Wildman–Crippen MR) is 124 cm³/mol. The minimum atomic E-state index is -1.06. The average Bonchev–Trinajstić information content (AvgIpc) is 3.34. The normalized spacial score (nSPS) is 23.0. The highest BCUT2D eigenvalue weighted by Gasteiger charge is 2.42. The summed E-state index contributed by atoms with van der Waals surface area (Å²) in [6, 6.07) is 18.2. The highest BCUT2D eigenvalue weighted by Crippen LogP contribution is 2.39. The van der Waals surface area contributed by atoms with Gasteiger partial charge in [0.1, 0.15) is 30.0 Å². The van der Waals surface area contributed by atoms with E-state index in [9.17, 15) is 10.2 Å². The van der Waals surface area contributed by atoms with Crippen molar-refractivity contribution in [1.82, 2.24) is 14.5 Å². The number of nitrogens with zero attached hydrogens (tertiary/aromatic N) is 3. The molecule has 4 atom stereocenters. The molecule has 0 unspecified atom stereocenters. The molecule has 0 aliphatic carbocycles. The minimum Gasteiger partial charge on any atom is -0.388 e. The minimum absolute atomic E-state index is 0.482. The number of aryl methyl sites for hydroxylation is 1. The van der Waals surface area contributed by atoms with Gasteiger partial charge in [-0.05, 0) is 36.6 Å². The van der Waals surface area contributed by atoms with Crippen LogP contribution in [0.2, 0.25) is 0 Å². The van der Waals surface area contributed by atoms with Crippen molar-refractivity contribution in [2.75, 3.05) is 5.32 Å². The van der Waals surface area contributed by atoms with E-state index in [1.54, 1.807) is 11.5 Å². The number of nitrogens with one attached hydrogen (secondary N) is 1. The van der Waals surface area contributed by atoms with Crippen molar-refractivity contribution >= 4 is 22.5 Å². The standard InChI is InChI=1S/C25H26N4O3/c1-3-16-9-11-18(12-10-16)28-23-20-19(17-7-5-4-6-8-17)13-29(24(20)27-14-26-23)25-22(31)21(30)15(2)32-25/h4-15,21-22,25,30-31H,3H2,1-2H3,(H,26,27,28)/t15-,21-,22-,25-/m1/s1. The van der Waals surface area contributed by atoms with Gasteiger partial charge in [-0.3, -0.25) is 0 Å². The first-order valence-corrected chi connectivity index (χ1v) is 10.9. The maximum atomic E-state index is 10.6. The van der Waals surface area contributed by atoms with Gasteiger partial charge in [-0.2, -0.15) is 0 Å². The molecule has 0 radical (unpaired) electrons. The summed E-state index contributed by atoms with van der Waals surface area (Å²) in [6.45, 7) is 3.88. The zero-order chi connectivity index (χ0) is 22.2. The van der Waals surface area contributed by atoms with Crippen molar-refractivity contribution < 1.29 is 14.9 Å². The summed E-state index contributed by atoms with van der Waals surface area (Å²) in [5.41, 5.74) is 4.72. The monoisotopic (exact) mass is 430 g/mol. The van der Waals surface area contributed by atoms with E-state index in [0.29, 0.717) is 11.5 Å². The molecular formula is C25H26N4O3. The molecule has 0 spiro atoms. The number of hydrogen-bond acceptors (Lipinski definition) is 6. The van der Waals surface area contributed by atoms with Gasteiger partial charge in [0, 0.05) is 17.4 Å². The van der Waals surface area contributed by atoms with Crippen LogP contribution in [0.25, 0.3) is 22.2 Å². The fourth-order valence-electron chi connectivity index (χ4n) is 4.23. The van der Waals surface area contributed by atoms with Crippen LogP contribution in [0.3, 0.4) is 0 Å². The van der Waals surface area contributed by atoms with E-state index in [2.05, 4.69) is 34.3 Å². The molecule has 5 rings (SSSR count). The lowest BCUT2D eigenvalue weighted by molar-refractivity contribution is -0.0295. The molecule has 7 nitrogen and oxygen atoms in total. The smallest absolute Gasteiger partial charge is 0.164 e. The number of aromatic nitrogens is 3. The Kier molecular flexibility index (Phi) is 5.38. The summed E-state index contributed by atoms with van der Waals surface area (Å²) in [4.78, 5) is 9.06. The quantitative estimate of drug-likeness (QED) is 0.443. The van der Waals surface area contributed by atoms with E-state index >= 15 is 0 Å². The maximum Gasteiger partial charge on any atom is 0.164 e. The number of ether oxygens (including phenoxy) is 1. The molecule has 2 aromatic carbocycles. The van der Waals surface area contributed by atoms with Gasteiger partial charge in [0.25, 0.3) is 0 Å². The van der Waals surface area contributed by atoms with Crippen LogP contribution in [0, 0.1) is 0 Å². The van der Waals surface area contributed by atoms with Crippen LogP contribution < -0.4 is 5.32 Å². The second-order valence-electron chi connectivity index (χ2n) is 8.13. The second-order valence-corrected chi connectivity index (χ2v) is 8.13. The molecule has 32 heavy (non-hydrogen) atoms. The average molecular weight is 431 g/mol. The molecule has 164 valence electrons. The first-order chi connectivity index (χ1) is 15.6. The molecule has 2 aromatic heterocycles. The van der Waals surface area contributed by atoms with E-state index < -0.39 is 24.5 Å². The third kappa shape index (κ3) is 3.54. The molecule has 1 fully saturated rings. The third-order valence-electron chi connectivity index (χ3n) is 6.07. The van der Waals surface area contributed by atoms with Crippen molar-refractivity contribution in [1.29, 1.82) is 0 Å². The molecule has 1 aliphatic rings. The summed E-state index contributed by atoms with van der Waals surface area (Å²) in [5.74, 6) is 0.665. The van der Waals surface area contributed by atoms with Gasteiger partial charge in [-0.15, -0.1) is 0 Å². The van der Waals surface area contributed by atoms with E-state index in [0.717, 1.165) is 28.6 Å². The van der Waals surface area contributed by atoms with E-state index in [4.69, 9.17) is 4.74 Å². The summed E-state index contributed by atoms with van der Waals surface area (Å²) in [7, 11) is 0. The number of benzene rings is 2. The maximum absolute atomic E-state index is 10.6. The fraction of sp³-hybridized carbons (Fsp3) is 0.280. The first-order valence-electron chi connectivity index (χ1n) is 10.9. The van der Waals surface area contributed by atoms with Gasteiger partial charge in [0.05, 0.1) is 11.5 Å². The number of hydrogen-bond donors (Lipinski definition) is 3. The Bertz CT molecular complexity index is 1220. The number of rotatable bonds is 5. The summed E-state index contributed by atoms with van der Waals surface area (Å²) in [5, 5.41) is 25.1. The molecular weight excluding hydrogens is 404 g/mol. The van der Waals surface area contributed by atoms with Crippen molar-refractivity contribution in [3.05, 3.63) is 72.7 Å². The van der Waals surface area contributed by atoms with Crippen LogP contribution in [0.5, 0.6) is 0 Å². The van der Waals surface area contributed by atoms with Crippen molar-refractivity contribution in [3.8, 4) is 11.1 Å². The second kappa shape index (κ2) is 8.35. The molecule has 0 bridgehead atoms. The highest BCUT2D eigenvalue weighted by atomic mass is 16.6. The Hall–Kier alpha value is -3.26. The van der Waals surface area contributed by atoms with Gasteiger partial charge >= 0.3 is 0 Å². The van der Waals surface area contributed by atoms with Crippen molar-refractivity contribution in [2.45, 2.75) is 44.8 Å². The first kappa shape index (κ1) is 20.6. The fourth-order valence-corrected chi connectivity index (χ4v) is 4.23.